The molecule has 11 heteroatoms. The number of rotatable bonds is 6. The summed E-state index contributed by atoms with van der Waals surface area (Å²) in [5.41, 5.74) is 2.66. The lowest BCUT2D eigenvalue weighted by Gasteiger charge is -2.39. The van der Waals surface area contributed by atoms with Gasteiger partial charge in [0.1, 0.15) is 17.2 Å². The summed E-state index contributed by atoms with van der Waals surface area (Å²) in [6.45, 7) is 7.84. The van der Waals surface area contributed by atoms with Crippen LogP contribution < -0.4 is 15.0 Å². The van der Waals surface area contributed by atoms with Gasteiger partial charge in [-0.1, -0.05) is 23.7 Å². The number of ether oxygens (including phenoxy) is 1. The molecule has 3 aromatic heterocycles. The first kappa shape index (κ1) is 25.4. The third-order valence-corrected chi connectivity index (χ3v) is 7.43. The topological polar surface area (TPSA) is 105 Å². The summed E-state index contributed by atoms with van der Waals surface area (Å²) in [7, 11) is 0. The molecule has 2 N–H and O–H groups in total. The molecule has 5 aromatic rings. The number of aromatic amines is 1. The predicted octanol–water partition coefficient (Wildman–Crippen LogP) is 4.87. The van der Waals surface area contributed by atoms with E-state index in [1.54, 1.807) is 30.7 Å². The maximum Gasteiger partial charge on any atom is 0.319 e. The number of nitrogens with zero attached hydrogens (tertiary/aromatic N) is 6. The van der Waals surface area contributed by atoms with Gasteiger partial charge in [0.25, 0.3) is 0 Å². The maximum absolute atomic E-state index is 16.6. The third kappa shape index (κ3) is 4.74. The van der Waals surface area contributed by atoms with Crippen molar-refractivity contribution in [3.8, 4) is 17.1 Å². The molecule has 2 aromatic carbocycles. The van der Waals surface area contributed by atoms with Gasteiger partial charge in [0.15, 0.2) is 5.82 Å². The van der Waals surface area contributed by atoms with Gasteiger partial charge in [0.2, 0.25) is 0 Å². The number of fused-ring (bicyclic) bond motifs is 2. The summed E-state index contributed by atoms with van der Waals surface area (Å²) >= 11 is 6.84. The van der Waals surface area contributed by atoms with Crippen molar-refractivity contribution < 1.29 is 9.13 Å². The summed E-state index contributed by atoms with van der Waals surface area (Å²) < 4.78 is 22.6. The highest BCUT2D eigenvalue weighted by Gasteiger charge is 2.29. The summed E-state index contributed by atoms with van der Waals surface area (Å²) in [6.07, 6.45) is 5.54. The summed E-state index contributed by atoms with van der Waals surface area (Å²) in [6, 6.07) is 7.84. The van der Waals surface area contributed by atoms with Gasteiger partial charge < -0.3 is 15.0 Å². The van der Waals surface area contributed by atoms with Crippen LogP contribution in [0.4, 0.5) is 10.2 Å². The van der Waals surface area contributed by atoms with E-state index in [0.29, 0.717) is 41.1 Å². The van der Waals surface area contributed by atoms with Crippen molar-refractivity contribution in [1.82, 2.24) is 35.5 Å². The van der Waals surface area contributed by atoms with Crippen LogP contribution in [0.1, 0.15) is 25.2 Å². The minimum atomic E-state index is -0.529. The van der Waals surface area contributed by atoms with E-state index in [1.165, 1.54) is 0 Å². The molecule has 0 amide bonds. The molecule has 200 valence electrons. The molecule has 0 radical (unpaired) electrons. The van der Waals surface area contributed by atoms with Crippen LogP contribution in [0.15, 0.2) is 42.9 Å². The van der Waals surface area contributed by atoms with Crippen LogP contribution in [0.5, 0.6) is 6.01 Å². The van der Waals surface area contributed by atoms with E-state index in [9.17, 15) is 0 Å². The van der Waals surface area contributed by atoms with Gasteiger partial charge in [0, 0.05) is 65.9 Å². The van der Waals surface area contributed by atoms with Crippen molar-refractivity contribution in [2.24, 2.45) is 0 Å². The fraction of sp³-hybridized carbons (Fsp3) is 0.321. The van der Waals surface area contributed by atoms with Crippen LogP contribution in [0.25, 0.3) is 32.9 Å². The predicted molar refractivity (Wildman–Crippen MR) is 150 cm³/mol. The van der Waals surface area contributed by atoms with Crippen LogP contribution >= 0.6 is 11.6 Å². The molecule has 39 heavy (non-hydrogen) atoms. The quantitative estimate of drug-likeness (QED) is 0.311. The Labute approximate surface area is 229 Å². The number of hydrogen-bond acceptors (Lipinski definition) is 8. The second-order valence-corrected chi connectivity index (χ2v) is 10.3. The van der Waals surface area contributed by atoms with Crippen molar-refractivity contribution in [2.45, 2.75) is 39.3 Å². The Morgan fingerprint density at radius 1 is 1.15 bits per heavy atom. The summed E-state index contributed by atoms with van der Waals surface area (Å²) in [5, 5.41) is 12.3. The number of benzene rings is 2. The molecule has 9 nitrogen and oxygen atoms in total. The molecule has 0 bridgehead atoms. The highest BCUT2D eigenvalue weighted by atomic mass is 35.5. The lowest BCUT2D eigenvalue weighted by molar-refractivity contribution is 0.294. The summed E-state index contributed by atoms with van der Waals surface area (Å²) in [4.78, 5) is 20.0. The number of anilines is 1. The second kappa shape index (κ2) is 10.3. The van der Waals surface area contributed by atoms with Gasteiger partial charge in [-0.25, -0.2) is 14.4 Å². The number of piperazine rings is 1. The Bertz CT molecular complexity index is 1660. The smallest absolute Gasteiger partial charge is 0.319 e. The van der Waals surface area contributed by atoms with E-state index in [1.807, 2.05) is 19.1 Å². The van der Waals surface area contributed by atoms with Crippen LogP contribution in [-0.4, -0.2) is 61.9 Å². The van der Waals surface area contributed by atoms with Gasteiger partial charge in [-0.3, -0.25) is 5.10 Å². The standard InChI is InChI=1S/C28H28ClFN8O/c1-15-5-6-18-13-34-37-25(18)22(15)23-20(29)11-19-26(24(23)30)35-28(39-10-7-21-31-8-4-9-32-21)36-27(19)38-14-16(2)33-12-17(38)3/h4-6,8-9,11,13,16-17,33H,7,10,12,14H2,1-3H3,(H,34,37)/t16-,17+/m1/s1. The Morgan fingerprint density at radius 3 is 2.79 bits per heavy atom. The van der Waals surface area contributed by atoms with Crippen LogP contribution in [0.2, 0.25) is 5.02 Å². The number of hydrogen-bond donors (Lipinski definition) is 2. The van der Waals surface area contributed by atoms with Gasteiger partial charge in [-0.2, -0.15) is 15.1 Å². The molecule has 4 heterocycles. The molecular weight excluding hydrogens is 519 g/mol. The maximum atomic E-state index is 16.6. The lowest BCUT2D eigenvalue weighted by Crippen LogP contribution is -2.54. The monoisotopic (exact) mass is 546 g/mol. The Balaban J connectivity index is 1.50. The van der Waals surface area contributed by atoms with Gasteiger partial charge >= 0.3 is 6.01 Å². The van der Waals surface area contributed by atoms with E-state index in [-0.39, 0.29) is 40.8 Å². The van der Waals surface area contributed by atoms with Crippen LogP contribution in [-0.2, 0) is 6.42 Å². The highest BCUT2D eigenvalue weighted by molar-refractivity contribution is 6.35. The number of aryl methyl sites for hydroxylation is 1. The number of nitrogens with one attached hydrogen (secondary N) is 2. The fourth-order valence-corrected chi connectivity index (χ4v) is 5.41. The van der Waals surface area contributed by atoms with Gasteiger partial charge in [0.05, 0.1) is 23.3 Å². The molecule has 1 fully saturated rings. The number of halogens is 2. The number of aromatic nitrogens is 6. The average molecular weight is 547 g/mol. The highest BCUT2D eigenvalue weighted by Crippen LogP contribution is 2.42. The first-order chi connectivity index (χ1) is 18.9. The largest absolute Gasteiger partial charge is 0.463 e. The van der Waals surface area contributed by atoms with E-state index in [0.717, 1.165) is 17.5 Å². The van der Waals surface area contributed by atoms with Gasteiger partial charge in [-0.05, 0) is 38.5 Å². The second-order valence-electron chi connectivity index (χ2n) is 9.94. The Morgan fingerprint density at radius 2 is 1.97 bits per heavy atom. The van der Waals surface area contributed by atoms with Crippen molar-refractivity contribution in [1.29, 1.82) is 0 Å². The van der Waals surface area contributed by atoms with E-state index in [2.05, 4.69) is 49.2 Å². The van der Waals surface area contributed by atoms with Crippen molar-refractivity contribution in [2.75, 3.05) is 24.6 Å². The normalized spacial score (nSPS) is 17.7. The molecule has 0 aliphatic carbocycles. The van der Waals surface area contributed by atoms with E-state index < -0.39 is 5.82 Å². The van der Waals surface area contributed by atoms with E-state index in [4.69, 9.17) is 21.3 Å². The SMILES string of the molecule is Cc1ccc2cn[nH]c2c1-c1c(Cl)cc2c(N3C[C@@H](C)NC[C@@H]3C)nc(OCCc3ncccn3)nc2c1F. The van der Waals surface area contributed by atoms with Crippen LogP contribution in [0.3, 0.4) is 0 Å². The zero-order valence-electron chi connectivity index (χ0n) is 21.9. The van der Waals surface area contributed by atoms with Crippen LogP contribution in [0, 0.1) is 12.7 Å². The van der Waals surface area contributed by atoms with Crippen molar-refractivity contribution in [3.63, 3.8) is 0 Å². The first-order valence-corrected chi connectivity index (χ1v) is 13.3. The molecule has 0 saturated carbocycles. The van der Waals surface area contributed by atoms with Crippen molar-refractivity contribution in [3.05, 3.63) is 65.1 Å². The number of H-pyrrole nitrogens is 1. The summed E-state index contributed by atoms with van der Waals surface area (Å²) in [5.74, 6) is 0.709. The molecule has 1 aliphatic rings. The van der Waals surface area contributed by atoms with Crippen molar-refractivity contribution >= 4 is 39.2 Å². The molecule has 1 saturated heterocycles. The fourth-order valence-electron chi connectivity index (χ4n) is 5.12. The van der Waals surface area contributed by atoms with E-state index >= 15 is 4.39 Å². The average Bonchev–Trinajstić information content (AvgIpc) is 3.41. The lowest BCUT2D eigenvalue weighted by atomic mass is 9.96. The first-order valence-electron chi connectivity index (χ1n) is 12.9. The zero-order chi connectivity index (χ0) is 27.1. The molecule has 2 atom stereocenters. The molecular formula is C28H28ClFN8O. The van der Waals surface area contributed by atoms with Gasteiger partial charge in [-0.15, -0.1) is 0 Å². The Hall–Kier alpha value is -3.89. The molecule has 6 rings (SSSR count). The molecule has 0 spiro atoms. The third-order valence-electron chi connectivity index (χ3n) is 7.13. The molecule has 0 unspecified atom stereocenters. The minimum absolute atomic E-state index is 0.0930. The Kier molecular flexibility index (Phi) is 6.74. The zero-order valence-corrected chi connectivity index (χ0v) is 22.6. The molecule has 1 aliphatic heterocycles. The minimum Gasteiger partial charge on any atom is -0.463 e.